The highest BCUT2D eigenvalue weighted by Gasteiger charge is 2.22. The summed E-state index contributed by atoms with van der Waals surface area (Å²) in [5.74, 6) is -0.0720. The van der Waals surface area contributed by atoms with Crippen molar-refractivity contribution >= 4 is 58.2 Å². The molecule has 2 aromatic heterocycles. The molecule has 1 amide bonds. The summed E-state index contributed by atoms with van der Waals surface area (Å²) < 4.78 is 1.55. The van der Waals surface area contributed by atoms with E-state index in [0.717, 1.165) is 11.4 Å². The summed E-state index contributed by atoms with van der Waals surface area (Å²) in [5, 5.41) is 13.2. The predicted molar refractivity (Wildman–Crippen MR) is 132 cm³/mol. The van der Waals surface area contributed by atoms with Crippen molar-refractivity contribution in [3.8, 4) is 5.69 Å². The van der Waals surface area contributed by atoms with E-state index < -0.39 is 5.91 Å². The Morgan fingerprint density at radius 2 is 1.58 bits per heavy atom. The SMILES string of the molecule is Cc1cc(C)nc(SCc2c(C(=O)Nc3ccc(Cl)cc3)nnn2-c2cc(Cl)cc(Cl)c2)n1. The van der Waals surface area contributed by atoms with Crippen molar-refractivity contribution in [2.45, 2.75) is 24.8 Å². The Hall–Kier alpha value is -2.65. The fourth-order valence-electron chi connectivity index (χ4n) is 3.09. The number of carbonyl (C=O) groups is 1. The molecule has 0 fully saturated rings. The summed E-state index contributed by atoms with van der Waals surface area (Å²) in [6, 6.07) is 13.7. The van der Waals surface area contributed by atoms with E-state index in [4.69, 9.17) is 34.8 Å². The highest BCUT2D eigenvalue weighted by molar-refractivity contribution is 7.98. The van der Waals surface area contributed by atoms with E-state index in [2.05, 4.69) is 25.6 Å². The number of thioether (sulfide) groups is 1. The molecule has 0 aliphatic rings. The quantitative estimate of drug-likeness (QED) is 0.242. The normalized spacial score (nSPS) is 10.9. The minimum absolute atomic E-state index is 0.165. The molecule has 0 unspecified atom stereocenters. The van der Waals surface area contributed by atoms with Crippen LogP contribution in [0.25, 0.3) is 5.69 Å². The standard InChI is InChI=1S/C22H17Cl3N6OS/c1-12-7-13(2)27-22(26-12)33-11-19-20(21(32)28-17-5-3-14(23)4-6-17)29-30-31(19)18-9-15(24)8-16(25)10-18/h3-10H,11H2,1-2H3,(H,28,32). The molecule has 0 aliphatic heterocycles. The number of aryl methyl sites for hydroxylation is 2. The van der Waals surface area contributed by atoms with Gasteiger partial charge in [0.15, 0.2) is 10.9 Å². The number of anilines is 1. The molecule has 11 heteroatoms. The molecule has 33 heavy (non-hydrogen) atoms. The lowest BCUT2D eigenvalue weighted by molar-refractivity contribution is 0.102. The minimum Gasteiger partial charge on any atom is -0.321 e. The van der Waals surface area contributed by atoms with Crippen molar-refractivity contribution in [3.63, 3.8) is 0 Å². The third-order valence-electron chi connectivity index (χ3n) is 4.47. The molecule has 168 valence electrons. The zero-order valence-corrected chi connectivity index (χ0v) is 20.6. The number of rotatable bonds is 6. The Balaban J connectivity index is 1.70. The van der Waals surface area contributed by atoms with Gasteiger partial charge in [0, 0.05) is 37.9 Å². The van der Waals surface area contributed by atoms with E-state index in [1.54, 1.807) is 47.1 Å². The number of halogens is 3. The van der Waals surface area contributed by atoms with Crippen LogP contribution >= 0.6 is 46.6 Å². The molecule has 2 aromatic carbocycles. The average molecular weight is 520 g/mol. The predicted octanol–water partition coefficient (Wildman–Crippen LogP) is 6.18. The monoisotopic (exact) mass is 518 g/mol. The summed E-state index contributed by atoms with van der Waals surface area (Å²) in [5.41, 5.74) is 3.60. The van der Waals surface area contributed by atoms with Crippen molar-refractivity contribution in [2.24, 2.45) is 0 Å². The van der Waals surface area contributed by atoms with E-state index in [0.29, 0.717) is 43.0 Å². The average Bonchev–Trinajstić information content (AvgIpc) is 3.17. The molecule has 0 saturated heterocycles. The summed E-state index contributed by atoms with van der Waals surface area (Å²) >= 11 is 19.7. The minimum atomic E-state index is -0.409. The van der Waals surface area contributed by atoms with Gasteiger partial charge >= 0.3 is 0 Å². The van der Waals surface area contributed by atoms with Gasteiger partial charge in [-0.3, -0.25) is 4.79 Å². The maximum absolute atomic E-state index is 13.1. The van der Waals surface area contributed by atoms with Crippen LogP contribution in [0.1, 0.15) is 27.6 Å². The first-order valence-corrected chi connectivity index (χ1v) is 11.8. The Labute approximate surface area is 209 Å². The highest BCUT2D eigenvalue weighted by atomic mass is 35.5. The number of carbonyl (C=O) groups excluding carboxylic acids is 1. The molecule has 2 heterocycles. The van der Waals surface area contributed by atoms with Gasteiger partial charge in [0.1, 0.15) is 0 Å². The molecule has 0 atom stereocenters. The molecule has 4 aromatic rings. The summed E-state index contributed by atoms with van der Waals surface area (Å²) in [7, 11) is 0. The van der Waals surface area contributed by atoms with Crippen LogP contribution in [0, 0.1) is 13.8 Å². The van der Waals surface area contributed by atoms with Crippen LogP contribution in [0.2, 0.25) is 15.1 Å². The molecule has 1 N–H and O–H groups in total. The topological polar surface area (TPSA) is 85.6 Å². The molecule has 0 aliphatic carbocycles. The second kappa shape index (κ2) is 10.1. The number of hydrogen-bond donors (Lipinski definition) is 1. The zero-order chi connectivity index (χ0) is 23.5. The van der Waals surface area contributed by atoms with E-state index in [-0.39, 0.29) is 5.69 Å². The van der Waals surface area contributed by atoms with Crippen LogP contribution in [-0.2, 0) is 5.75 Å². The number of nitrogens with zero attached hydrogens (tertiary/aromatic N) is 5. The zero-order valence-electron chi connectivity index (χ0n) is 17.5. The fourth-order valence-corrected chi connectivity index (χ4v) is 4.67. The molecule has 0 saturated carbocycles. The molecular weight excluding hydrogens is 503 g/mol. The van der Waals surface area contributed by atoms with Crippen molar-refractivity contribution in [2.75, 3.05) is 5.32 Å². The Morgan fingerprint density at radius 3 is 2.21 bits per heavy atom. The fraction of sp³-hybridized carbons (Fsp3) is 0.136. The second-order valence-corrected chi connectivity index (χ2v) is 9.36. The number of aromatic nitrogens is 5. The van der Waals surface area contributed by atoms with E-state index in [9.17, 15) is 4.79 Å². The van der Waals surface area contributed by atoms with Crippen LogP contribution in [0.4, 0.5) is 5.69 Å². The Kier molecular flexibility index (Phi) is 7.19. The van der Waals surface area contributed by atoms with Gasteiger partial charge in [0.25, 0.3) is 5.91 Å². The van der Waals surface area contributed by atoms with Gasteiger partial charge in [0.2, 0.25) is 0 Å². The molecule has 0 radical (unpaired) electrons. The van der Waals surface area contributed by atoms with Crippen molar-refractivity contribution in [1.82, 2.24) is 25.0 Å². The number of amides is 1. The molecule has 7 nitrogen and oxygen atoms in total. The van der Waals surface area contributed by atoms with E-state index in [1.165, 1.54) is 11.8 Å². The first kappa shape index (κ1) is 23.5. The van der Waals surface area contributed by atoms with Crippen LogP contribution in [0.5, 0.6) is 0 Å². The molecule has 0 spiro atoms. The largest absolute Gasteiger partial charge is 0.321 e. The van der Waals surface area contributed by atoms with Crippen LogP contribution in [-0.4, -0.2) is 30.9 Å². The third kappa shape index (κ3) is 5.83. The lowest BCUT2D eigenvalue weighted by Gasteiger charge is -2.10. The molecular formula is C22H17Cl3N6OS. The molecule has 4 rings (SSSR count). The van der Waals surface area contributed by atoms with Gasteiger partial charge in [-0.2, -0.15) is 0 Å². The van der Waals surface area contributed by atoms with Crippen molar-refractivity contribution in [1.29, 1.82) is 0 Å². The van der Waals surface area contributed by atoms with Gasteiger partial charge < -0.3 is 5.32 Å². The van der Waals surface area contributed by atoms with E-state index >= 15 is 0 Å². The number of nitrogens with one attached hydrogen (secondary N) is 1. The van der Waals surface area contributed by atoms with Crippen LogP contribution in [0.3, 0.4) is 0 Å². The van der Waals surface area contributed by atoms with Crippen LogP contribution < -0.4 is 5.32 Å². The van der Waals surface area contributed by atoms with E-state index in [1.807, 2.05) is 19.9 Å². The lowest BCUT2D eigenvalue weighted by Crippen LogP contribution is -2.15. The van der Waals surface area contributed by atoms with Gasteiger partial charge in [-0.1, -0.05) is 51.8 Å². The lowest BCUT2D eigenvalue weighted by atomic mass is 10.2. The summed E-state index contributed by atoms with van der Waals surface area (Å²) in [4.78, 5) is 22.0. The van der Waals surface area contributed by atoms with Crippen LogP contribution in [0.15, 0.2) is 53.7 Å². The Bertz CT molecular complexity index is 1290. The first-order chi connectivity index (χ1) is 15.8. The van der Waals surface area contributed by atoms with Crippen molar-refractivity contribution in [3.05, 3.63) is 86.4 Å². The van der Waals surface area contributed by atoms with Gasteiger partial charge in [0.05, 0.1) is 11.4 Å². The number of hydrogen-bond acceptors (Lipinski definition) is 6. The second-order valence-electron chi connectivity index (χ2n) is 7.11. The molecule has 0 bridgehead atoms. The summed E-state index contributed by atoms with van der Waals surface area (Å²) in [6.45, 7) is 3.81. The van der Waals surface area contributed by atoms with Gasteiger partial charge in [-0.05, 0) is 62.4 Å². The highest BCUT2D eigenvalue weighted by Crippen LogP contribution is 2.27. The smallest absolute Gasteiger partial charge is 0.278 e. The third-order valence-corrected chi connectivity index (χ3v) is 6.02. The first-order valence-electron chi connectivity index (χ1n) is 9.71. The Morgan fingerprint density at radius 1 is 0.939 bits per heavy atom. The maximum atomic E-state index is 13.1. The van der Waals surface area contributed by atoms with Gasteiger partial charge in [-0.15, -0.1) is 5.10 Å². The van der Waals surface area contributed by atoms with Crippen molar-refractivity contribution < 1.29 is 4.79 Å². The maximum Gasteiger partial charge on any atom is 0.278 e. The number of benzene rings is 2. The summed E-state index contributed by atoms with van der Waals surface area (Å²) in [6.07, 6.45) is 0. The van der Waals surface area contributed by atoms with Gasteiger partial charge in [-0.25, -0.2) is 14.6 Å².